The molecule has 0 aromatic rings. The molecule has 0 bridgehead atoms. The highest BCUT2D eigenvalue weighted by atomic mass is 16.5. The van der Waals surface area contributed by atoms with E-state index in [1.807, 2.05) is 0 Å². The summed E-state index contributed by atoms with van der Waals surface area (Å²) in [6, 6.07) is 0. The molecule has 0 aliphatic rings. The third kappa shape index (κ3) is 22.5. The number of unbranched alkanes of at least 4 members (excludes halogenated alkanes) is 13. The lowest BCUT2D eigenvalue weighted by molar-refractivity contribution is -0.145. The lowest BCUT2D eigenvalue weighted by atomic mass is 9.87. The minimum absolute atomic E-state index is 0.00586. The predicted molar refractivity (Wildman–Crippen MR) is 139 cm³/mol. The monoisotopic (exact) mass is 468 g/mol. The van der Waals surface area contributed by atoms with Gasteiger partial charge in [0.05, 0.1) is 13.2 Å². The van der Waals surface area contributed by atoms with Gasteiger partial charge in [-0.15, -0.1) is 0 Å². The van der Waals surface area contributed by atoms with Crippen molar-refractivity contribution in [1.82, 2.24) is 0 Å². The van der Waals surface area contributed by atoms with Gasteiger partial charge in [0.15, 0.2) is 0 Å². The molecule has 4 heteroatoms. The van der Waals surface area contributed by atoms with Crippen molar-refractivity contribution < 1.29 is 19.1 Å². The van der Waals surface area contributed by atoms with Crippen molar-refractivity contribution in [2.24, 2.45) is 11.8 Å². The molecule has 0 aromatic heterocycles. The summed E-state index contributed by atoms with van der Waals surface area (Å²) in [7, 11) is 0. The summed E-state index contributed by atoms with van der Waals surface area (Å²) in [5.74, 6) is 0.969. The van der Waals surface area contributed by atoms with Crippen LogP contribution in [-0.2, 0) is 19.1 Å². The van der Waals surface area contributed by atoms with Crippen LogP contribution in [0.4, 0.5) is 0 Å². The molecular formula is C29H56O4. The minimum atomic E-state index is -0.0188. The first-order valence-electron chi connectivity index (χ1n) is 14.3. The largest absolute Gasteiger partial charge is 0.466 e. The van der Waals surface area contributed by atoms with Crippen LogP contribution in [0, 0.1) is 11.8 Å². The third-order valence-corrected chi connectivity index (χ3v) is 6.60. The molecule has 4 nitrogen and oxygen atoms in total. The van der Waals surface area contributed by atoms with Gasteiger partial charge in [-0.05, 0) is 37.5 Å². The first kappa shape index (κ1) is 31.9. The van der Waals surface area contributed by atoms with Gasteiger partial charge in [-0.2, -0.15) is 0 Å². The molecule has 0 fully saturated rings. The van der Waals surface area contributed by atoms with E-state index in [9.17, 15) is 9.59 Å². The van der Waals surface area contributed by atoms with Crippen molar-refractivity contribution >= 4 is 11.9 Å². The highest BCUT2D eigenvalue weighted by Gasteiger charge is 2.18. The van der Waals surface area contributed by atoms with Gasteiger partial charge in [0.2, 0.25) is 0 Å². The maximum atomic E-state index is 12.1. The third-order valence-electron chi connectivity index (χ3n) is 6.60. The molecule has 0 spiro atoms. The van der Waals surface area contributed by atoms with E-state index in [-0.39, 0.29) is 11.9 Å². The Bertz CT molecular complexity index is 447. The van der Waals surface area contributed by atoms with Crippen LogP contribution in [-0.4, -0.2) is 25.2 Å². The molecule has 0 aliphatic carbocycles. The first-order chi connectivity index (χ1) is 16.0. The Morgan fingerprint density at radius 3 is 1.52 bits per heavy atom. The summed E-state index contributed by atoms with van der Waals surface area (Å²) < 4.78 is 10.6. The first-order valence-corrected chi connectivity index (χ1v) is 14.3. The van der Waals surface area contributed by atoms with Crippen molar-refractivity contribution in [2.75, 3.05) is 13.2 Å². The Kier molecular flexibility index (Phi) is 23.3. The highest BCUT2D eigenvalue weighted by molar-refractivity contribution is 5.69. The van der Waals surface area contributed by atoms with E-state index >= 15 is 0 Å². The average Bonchev–Trinajstić information content (AvgIpc) is 2.79. The normalized spacial score (nSPS) is 12.2. The second kappa shape index (κ2) is 24.1. The van der Waals surface area contributed by atoms with E-state index in [1.54, 1.807) is 0 Å². The molecule has 1 atom stereocenters. The summed E-state index contributed by atoms with van der Waals surface area (Å²) in [5, 5.41) is 0. The summed E-state index contributed by atoms with van der Waals surface area (Å²) >= 11 is 0. The van der Waals surface area contributed by atoms with Crippen LogP contribution < -0.4 is 0 Å². The number of carbonyl (C=O) groups excluding carboxylic acids is 2. The average molecular weight is 469 g/mol. The molecule has 0 saturated heterocycles. The van der Waals surface area contributed by atoms with Crippen LogP contribution in [0.5, 0.6) is 0 Å². The molecule has 196 valence electrons. The number of rotatable bonds is 24. The van der Waals surface area contributed by atoms with Crippen LogP contribution >= 0.6 is 0 Å². The number of ether oxygens (including phenoxy) is 2. The van der Waals surface area contributed by atoms with Gasteiger partial charge in [-0.25, -0.2) is 0 Å². The molecule has 33 heavy (non-hydrogen) atoms. The van der Waals surface area contributed by atoms with Gasteiger partial charge in [0, 0.05) is 12.8 Å². The maximum Gasteiger partial charge on any atom is 0.306 e. The van der Waals surface area contributed by atoms with Crippen molar-refractivity contribution in [3.8, 4) is 0 Å². The molecular weight excluding hydrogens is 412 g/mol. The predicted octanol–water partition coefficient (Wildman–Crippen LogP) is 8.80. The molecule has 0 rings (SSSR count). The van der Waals surface area contributed by atoms with Crippen LogP contribution in [0.1, 0.15) is 150 Å². The molecule has 0 amide bonds. The van der Waals surface area contributed by atoms with Gasteiger partial charge in [-0.1, -0.05) is 111 Å². The summed E-state index contributed by atoms with van der Waals surface area (Å²) in [5.41, 5.74) is 0. The number of hydrogen-bond acceptors (Lipinski definition) is 4. The molecule has 0 aromatic carbocycles. The summed E-state index contributed by atoms with van der Waals surface area (Å²) in [4.78, 5) is 23.7. The number of esters is 2. The minimum Gasteiger partial charge on any atom is -0.466 e. The van der Waals surface area contributed by atoms with Crippen molar-refractivity contribution in [3.05, 3.63) is 0 Å². The Morgan fingerprint density at radius 1 is 0.576 bits per heavy atom. The van der Waals surface area contributed by atoms with E-state index in [0.29, 0.717) is 37.9 Å². The van der Waals surface area contributed by atoms with Crippen molar-refractivity contribution in [3.63, 3.8) is 0 Å². The number of carbonyl (C=O) groups is 2. The molecule has 0 heterocycles. The fourth-order valence-electron chi connectivity index (χ4n) is 4.18. The molecule has 0 aliphatic heterocycles. The summed E-state index contributed by atoms with van der Waals surface area (Å²) in [6.45, 7) is 9.95. The zero-order chi connectivity index (χ0) is 24.6. The van der Waals surface area contributed by atoms with E-state index in [1.165, 1.54) is 51.4 Å². The van der Waals surface area contributed by atoms with Crippen LogP contribution in [0.2, 0.25) is 0 Å². The van der Waals surface area contributed by atoms with Gasteiger partial charge < -0.3 is 9.47 Å². The molecule has 0 radical (unpaired) electrons. The van der Waals surface area contributed by atoms with Gasteiger partial charge in [0.1, 0.15) is 0 Å². The fourth-order valence-corrected chi connectivity index (χ4v) is 4.18. The quantitative estimate of drug-likeness (QED) is 0.105. The topological polar surface area (TPSA) is 52.6 Å². The maximum absolute atomic E-state index is 12.1. The lowest BCUT2D eigenvalue weighted by Crippen LogP contribution is -2.17. The van der Waals surface area contributed by atoms with Crippen molar-refractivity contribution in [2.45, 2.75) is 150 Å². The molecule has 1 unspecified atom stereocenters. The van der Waals surface area contributed by atoms with Crippen LogP contribution in [0.3, 0.4) is 0 Å². The fraction of sp³-hybridized carbons (Fsp3) is 0.931. The van der Waals surface area contributed by atoms with Gasteiger partial charge >= 0.3 is 11.9 Å². The lowest BCUT2D eigenvalue weighted by Gasteiger charge is -2.20. The zero-order valence-electron chi connectivity index (χ0n) is 22.6. The second-order valence-electron chi connectivity index (χ2n) is 10.1. The zero-order valence-corrected chi connectivity index (χ0v) is 22.6. The SMILES string of the molecule is CCCCCOC(=O)CCCCCCCCCCCCC(CC(=O)OCCCCC)C(C)C. The second-order valence-corrected chi connectivity index (χ2v) is 10.1. The Hall–Kier alpha value is -1.06. The standard InChI is InChI=1S/C29H56O4/c1-5-7-19-23-32-28(30)22-18-16-14-12-10-9-11-13-15-17-21-27(26(3)4)25-29(31)33-24-20-8-6-2/h26-27H,5-25H2,1-4H3. The van der Waals surface area contributed by atoms with E-state index in [4.69, 9.17) is 9.47 Å². The van der Waals surface area contributed by atoms with E-state index < -0.39 is 0 Å². The smallest absolute Gasteiger partial charge is 0.306 e. The van der Waals surface area contributed by atoms with Crippen molar-refractivity contribution in [1.29, 1.82) is 0 Å². The molecule has 0 N–H and O–H groups in total. The Morgan fingerprint density at radius 2 is 1.03 bits per heavy atom. The van der Waals surface area contributed by atoms with Crippen LogP contribution in [0.15, 0.2) is 0 Å². The summed E-state index contributed by atoms with van der Waals surface area (Å²) in [6.07, 6.45) is 21.2. The molecule has 0 saturated carbocycles. The Balaban J connectivity index is 3.53. The van der Waals surface area contributed by atoms with E-state index in [2.05, 4.69) is 27.7 Å². The Labute approximate surface area is 206 Å². The van der Waals surface area contributed by atoms with Gasteiger partial charge in [0.25, 0.3) is 0 Å². The number of hydrogen-bond donors (Lipinski definition) is 0. The highest BCUT2D eigenvalue weighted by Crippen LogP contribution is 2.23. The van der Waals surface area contributed by atoms with E-state index in [0.717, 1.165) is 57.8 Å². The van der Waals surface area contributed by atoms with Gasteiger partial charge in [-0.3, -0.25) is 9.59 Å². The van der Waals surface area contributed by atoms with Crippen LogP contribution in [0.25, 0.3) is 0 Å².